The van der Waals surface area contributed by atoms with Crippen LogP contribution in [0.4, 0.5) is 0 Å². The average molecular weight is 592 g/mol. The van der Waals surface area contributed by atoms with Crippen molar-refractivity contribution in [1.82, 2.24) is 9.80 Å². The van der Waals surface area contributed by atoms with E-state index < -0.39 is 34.6 Å². The van der Waals surface area contributed by atoms with Gasteiger partial charge in [-0.2, -0.15) is 0 Å². The lowest BCUT2D eigenvalue weighted by atomic mass is 9.71. The Morgan fingerprint density at radius 2 is 2.05 bits per heavy atom. The van der Waals surface area contributed by atoms with Gasteiger partial charge in [-0.05, 0) is 18.4 Å². The number of aliphatic hydroxyl groups excluding tert-OH is 1. The Balaban J connectivity index is 1.83. The number of ether oxygens (including phenoxy) is 1. The van der Waals surface area contributed by atoms with Crippen LogP contribution in [0.5, 0.6) is 0 Å². The first-order chi connectivity index (χ1) is 17.9. The molecule has 3 fully saturated rings. The zero-order valence-corrected chi connectivity index (χ0v) is 23.5. The largest absolute Gasteiger partial charge is 0.461 e. The molecule has 2 amide bonds. The lowest BCUT2D eigenvalue weighted by molar-refractivity contribution is -0.153. The zero-order valence-electron chi connectivity index (χ0n) is 21.1. The molecular formula is C28H35BrN2O5S. The highest BCUT2D eigenvalue weighted by Gasteiger charge is 2.76. The maximum atomic E-state index is 14.4. The number of fused-ring (bicyclic) bond motifs is 1. The van der Waals surface area contributed by atoms with E-state index in [0.29, 0.717) is 19.5 Å². The number of halogens is 1. The molecule has 2 bridgehead atoms. The standard InChI is InChI=1S/C28H35BrN2O5S/c1-4-7-14-30(13-5-2)26(34)24-28-16-19(29)23(37-28)21(27(35)36-15-6-3)22(28)25(33)31(24)20(17-32)18-11-9-8-10-12-18/h5-6,8-12,19-24,32H,2-4,7,13-17H2,1H3/t19?,20-,21+,22+,23+,24?,28?/m1/s1. The predicted molar refractivity (Wildman–Crippen MR) is 148 cm³/mol. The Bertz CT molecular complexity index is 1040. The van der Waals surface area contributed by atoms with Crippen LogP contribution >= 0.6 is 27.7 Å². The van der Waals surface area contributed by atoms with Crippen molar-refractivity contribution in [3.63, 3.8) is 0 Å². The second-order valence-corrected chi connectivity index (χ2v) is 12.6. The van der Waals surface area contributed by atoms with Crippen LogP contribution < -0.4 is 0 Å². The summed E-state index contributed by atoms with van der Waals surface area (Å²) in [6.07, 6.45) is 5.52. The molecule has 7 nitrogen and oxygen atoms in total. The van der Waals surface area contributed by atoms with E-state index >= 15 is 0 Å². The Morgan fingerprint density at radius 3 is 2.68 bits per heavy atom. The van der Waals surface area contributed by atoms with Crippen molar-refractivity contribution in [2.24, 2.45) is 11.8 Å². The predicted octanol–water partition coefficient (Wildman–Crippen LogP) is 3.73. The zero-order chi connectivity index (χ0) is 26.7. The van der Waals surface area contributed by atoms with Crippen molar-refractivity contribution >= 4 is 45.5 Å². The molecule has 3 aliphatic rings. The highest BCUT2D eigenvalue weighted by Crippen LogP contribution is 2.68. The third kappa shape index (κ3) is 4.79. The minimum atomic E-state index is -0.827. The molecule has 7 atom stereocenters. The number of amides is 2. The molecule has 9 heteroatoms. The molecule has 3 aliphatic heterocycles. The number of benzene rings is 1. The molecule has 0 saturated carbocycles. The van der Waals surface area contributed by atoms with Gasteiger partial charge >= 0.3 is 5.97 Å². The van der Waals surface area contributed by atoms with Gasteiger partial charge in [0.2, 0.25) is 11.8 Å². The smallest absolute Gasteiger partial charge is 0.311 e. The quantitative estimate of drug-likeness (QED) is 0.227. The van der Waals surface area contributed by atoms with E-state index in [9.17, 15) is 19.5 Å². The summed E-state index contributed by atoms with van der Waals surface area (Å²) in [6.45, 7) is 10.2. The Kier molecular flexibility index (Phi) is 8.86. The van der Waals surface area contributed by atoms with Gasteiger partial charge in [-0.3, -0.25) is 14.4 Å². The first-order valence-corrected chi connectivity index (χ1v) is 14.6. The van der Waals surface area contributed by atoms with Crippen LogP contribution in [0, 0.1) is 11.8 Å². The van der Waals surface area contributed by atoms with Gasteiger partial charge in [-0.25, -0.2) is 0 Å². The topological polar surface area (TPSA) is 87.1 Å². The molecule has 4 rings (SSSR count). The molecule has 3 heterocycles. The minimum Gasteiger partial charge on any atom is -0.461 e. The maximum Gasteiger partial charge on any atom is 0.311 e. The number of rotatable bonds is 12. The van der Waals surface area contributed by atoms with E-state index in [4.69, 9.17) is 4.74 Å². The van der Waals surface area contributed by atoms with Crippen molar-refractivity contribution in [2.75, 3.05) is 26.3 Å². The number of aliphatic hydroxyl groups is 1. The van der Waals surface area contributed by atoms with Crippen molar-refractivity contribution < 1.29 is 24.2 Å². The summed E-state index contributed by atoms with van der Waals surface area (Å²) in [5.74, 6) is -2.27. The molecule has 0 aliphatic carbocycles. The van der Waals surface area contributed by atoms with Crippen molar-refractivity contribution in [3.05, 3.63) is 61.2 Å². The van der Waals surface area contributed by atoms with E-state index in [1.165, 1.54) is 6.08 Å². The number of carbonyl (C=O) groups excluding carboxylic acids is 3. The van der Waals surface area contributed by atoms with Gasteiger partial charge in [0.15, 0.2) is 0 Å². The SMILES string of the molecule is C=CCOC(=O)[C@H]1[C@H]2C(=O)N([C@H](CO)c3ccccc3)C(C(=O)N(CC=C)CCCC)C23CC(Br)[C@@H]1S3. The van der Waals surface area contributed by atoms with Crippen molar-refractivity contribution in [3.8, 4) is 0 Å². The van der Waals surface area contributed by atoms with Crippen LogP contribution in [0.3, 0.4) is 0 Å². The van der Waals surface area contributed by atoms with Gasteiger partial charge in [0.05, 0.1) is 29.2 Å². The number of hydrogen-bond acceptors (Lipinski definition) is 6. The van der Waals surface area contributed by atoms with Gasteiger partial charge < -0.3 is 19.6 Å². The number of thioether (sulfide) groups is 1. The number of alkyl halides is 1. The van der Waals surface area contributed by atoms with E-state index in [2.05, 4.69) is 36.0 Å². The monoisotopic (exact) mass is 590 g/mol. The third-order valence-corrected chi connectivity index (χ3v) is 10.9. The van der Waals surface area contributed by atoms with Crippen LogP contribution in [-0.4, -0.2) is 79.9 Å². The highest BCUT2D eigenvalue weighted by molar-refractivity contribution is 9.09. The molecule has 1 spiro atoms. The first kappa shape index (κ1) is 27.9. The number of hydrogen-bond donors (Lipinski definition) is 1. The Hall–Kier alpha value is -2.10. The van der Waals surface area contributed by atoms with E-state index in [0.717, 1.165) is 18.4 Å². The van der Waals surface area contributed by atoms with Gasteiger partial charge in [0.1, 0.15) is 12.6 Å². The van der Waals surface area contributed by atoms with Crippen LogP contribution in [0.1, 0.15) is 37.8 Å². The fourth-order valence-electron chi connectivity index (χ4n) is 6.19. The number of esters is 1. The normalized spacial score (nSPS) is 30.6. The first-order valence-electron chi connectivity index (χ1n) is 12.8. The van der Waals surface area contributed by atoms with Crippen molar-refractivity contribution in [2.45, 2.75) is 53.1 Å². The lowest BCUT2D eigenvalue weighted by Gasteiger charge is -2.40. The third-order valence-electron chi connectivity index (χ3n) is 7.71. The maximum absolute atomic E-state index is 14.4. The summed E-state index contributed by atoms with van der Waals surface area (Å²) in [6, 6.07) is 7.74. The summed E-state index contributed by atoms with van der Waals surface area (Å²) >= 11 is 5.32. The van der Waals surface area contributed by atoms with Crippen molar-refractivity contribution in [1.29, 1.82) is 0 Å². The highest BCUT2D eigenvalue weighted by atomic mass is 79.9. The molecule has 37 heavy (non-hydrogen) atoms. The molecule has 1 aromatic rings. The molecule has 0 radical (unpaired) electrons. The molecule has 3 unspecified atom stereocenters. The lowest BCUT2D eigenvalue weighted by Crippen LogP contribution is -2.56. The summed E-state index contributed by atoms with van der Waals surface area (Å²) in [5, 5.41) is 10.4. The average Bonchev–Trinajstić information content (AvgIpc) is 3.49. The van der Waals surface area contributed by atoms with Crippen LogP contribution in [0.2, 0.25) is 0 Å². The van der Waals surface area contributed by atoms with Gasteiger partial charge in [0, 0.05) is 23.2 Å². The minimum absolute atomic E-state index is 0.0501. The second kappa shape index (κ2) is 11.7. The Labute approximate surface area is 231 Å². The number of unbranched alkanes of at least 4 members (excludes halogenated alkanes) is 1. The van der Waals surface area contributed by atoms with E-state index in [-0.39, 0.29) is 35.1 Å². The second-order valence-electron chi connectivity index (χ2n) is 9.86. The summed E-state index contributed by atoms with van der Waals surface area (Å²) < 4.78 is 4.64. The fraction of sp³-hybridized carbons (Fsp3) is 0.536. The Morgan fingerprint density at radius 1 is 1.32 bits per heavy atom. The van der Waals surface area contributed by atoms with E-state index in [1.54, 1.807) is 27.6 Å². The summed E-state index contributed by atoms with van der Waals surface area (Å²) in [5.41, 5.74) is 0.747. The molecule has 0 aromatic heterocycles. The van der Waals surface area contributed by atoms with Crippen LogP contribution in [0.25, 0.3) is 0 Å². The molecule has 1 N–H and O–H groups in total. The summed E-state index contributed by atoms with van der Waals surface area (Å²) in [7, 11) is 0. The van der Waals surface area contributed by atoms with Crippen LogP contribution in [-0.2, 0) is 19.1 Å². The molecule has 1 aromatic carbocycles. The fourth-order valence-corrected chi connectivity index (χ4v) is 9.77. The number of carbonyl (C=O) groups is 3. The van der Waals surface area contributed by atoms with Gasteiger partial charge in [0.25, 0.3) is 0 Å². The number of likely N-dealkylation sites (tertiary alicyclic amines) is 1. The van der Waals surface area contributed by atoms with Gasteiger partial charge in [-0.15, -0.1) is 18.3 Å². The van der Waals surface area contributed by atoms with E-state index in [1.807, 2.05) is 30.3 Å². The van der Waals surface area contributed by atoms with Crippen LogP contribution in [0.15, 0.2) is 55.6 Å². The number of nitrogens with zero attached hydrogens (tertiary/aromatic N) is 2. The van der Waals surface area contributed by atoms with Gasteiger partial charge in [-0.1, -0.05) is 78.3 Å². The molecular weight excluding hydrogens is 556 g/mol. The molecule has 3 saturated heterocycles. The molecule has 200 valence electrons. The summed E-state index contributed by atoms with van der Waals surface area (Å²) in [4.78, 5) is 45.2.